The molecule has 1 N–H and O–H groups in total. The van der Waals surface area contributed by atoms with E-state index >= 15 is 0 Å². The summed E-state index contributed by atoms with van der Waals surface area (Å²) in [5.41, 5.74) is 0. The van der Waals surface area contributed by atoms with Crippen molar-refractivity contribution in [1.29, 1.82) is 0 Å². The lowest BCUT2D eigenvalue weighted by Gasteiger charge is -2.26. The van der Waals surface area contributed by atoms with E-state index in [2.05, 4.69) is 23.9 Å². The van der Waals surface area contributed by atoms with Gasteiger partial charge in [0, 0.05) is 0 Å². The van der Waals surface area contributed by atoms with E-state index in [4.69, 9.17) is 18.6 Å². The molecule has 0 radical (unpaired) electrons. The summed E-state index contributed by atoms with van der Waals surface area (Å²) in [5.74, 6) is 0. The van der Waals surface area contributed by atoms with Crippen LogP contribution in [0.2, 0.25) is 0 Å². The summed E-state index contributed by atoms with van der Waals surface area (Å²) in [7, 11) is -0.396. The van der Waals surface area contributed by atoms with Crippen LogP contribution in [0.4, 0.5) is 0 Å². The zero-order chi connectivity index (χ0) is 13.3. The lowest BCUT2D eigenvalue weighted by atomic mass is 10.1. The van der Waals surface area contributed by atoms with Crippen LogP contribution in [0, 0.1) is 10.2 Å². The minimum absolute atomic E-state index is 1.23. The third-order valence-corrected chi connectivity index (χ3v) is 2.53. The highest BCUT2D eigenvalue weighted by molar-refractivity contribution is 4.64. The fraction of sp³-hybridized carbons (Fsp3) is 1.00. The highest BCUT2D eigenvalue weighted by Crippen LogP contribution is 2.08. The molecule has 6 nitrogen and oxygen atoms in total. The second-order valence-corrected chi connectivity index (χ2v) is 5.25. The molecule has 0 amide bonds. The first-order valence-electron chi connectivity index (χ1n) is 5.79. The zero-order valence-electron chi connectivity index (χ0n) is 10.6. The minimum atomic E-state index is -4.69. The van der Waals surface area contributed by atoms with Crippen molar-refractivity contribution in [3.05, 3.63) is 0 Å². The first-order valence-corrected chi connectivity index (χ1v) is 7.06. The Kier molecular flexibility index (Phi) is 9.07. The molecule has 0 aromatic rings. The summed E-state index contributed by atoms with van der Waals surface area (Å²) in [6, 6.07) is 0. The Hall–Kier alpha value is 0.0500. The zero-order valence-corrected chi connectivity index (χ0v) is 11.4. The van der Waals surface area contributed by atoms with E-state index in [1.165, 1.54) is 51.9 Å². The van der Waals surface area contributed by atoms with Crippen molar-refractivity contribution in [2.24, 2.45) is 0 Å². The van der Waals surface area contributed by atoms with Crippen LogP contribution in [0.5, 0.6) is 0 Å². The fourth-order valence-corrected chi connectivity index (χ4v) is 1.79. The van der Waals surface area contributed by atoms with Gasteiger partial charge in [-0.25, -0.2) is 0 Å². The van der Waals surface area contributed by atoms with Crippen LogP contribution >= 0.6 is 0 Å². The molecule has 0 unspecified atom stereocenters. The second-order valence-electron chi connectivity index (χ2n) is 4.46. The topological polar surface area (TPSA) is 95.9 Å². The summed E-state index contributed by atoms with van der Waals surface area (Å²) in [6.45, 7) is 5.22. The smallest absolute Gasteiger partial charge is 0.0777 e. The van der Waals surface area contributed by atoms with Gasteiger partial charge in [-0.2, -0.15) is 14.0 Å². The predicted molar refractivity (Wildman–Crippen MR) is 55.7 cm³/mol. The molecule has 1 aliphatic rings. The lowest BCUT2D eigenvalue weighted by molar-refractivity contribution is -1.92. The van der Waals surface area contributed by atoms with E-state index in [0.29, 0.717) is 0 Å². The average molecular weight is 271 g/mol. The third kappa shape index (κ3) is 16.1. The Balaban J connectivity index is 0.000000437. The summed E-state index contributed by atoms with van der Waals surface area (Å²) in [5, 5.41) is 0. The van der Waals surface area contributed by atoms with Gasteiger partial charge in [-0.15, -0.1) is 0 Å². The quantitative estimate of drug-likeness (QED) is 0.597. The van der Waals surface area contributed by atoms with Crippen molar-refractivity contribution in [1.82, 2.24) is 9.80 Å². The molecule has 0 aromatic heterocycles. The number of hydrogen-bond acceptors (Lipinski definition) is 6. The van der Waals surface area contributed by atoms with E-state index in [9.17, 15) is 0 Å². The van der Waals surface area contributed by atoms with Gasteiger partial charge in [-0.05, 0) is 59.5 Å². The molecule has 0 bridgehead atoms. The van der Waals surface area contributed by atoms with Gasteiger partial charge in [0.05, 0.1) is 14.9 Å². The molecule has 1 rings (SSSR count). The van der Waals surface area contributed by atoms with E-state index in [0.717, 1.165) is 0 Å². The summed E-state index contributed by atoms with van der Waals surface area (Å²) >= 11 is 0. The van der Waals surface area contributed by atoms with Gasteiger partial charge in [0.25, 0.3) is 0 Å². The van der Waals surface area contributed by atoms with Crippen LogP contribution in [-0.2, 0) is 0 Å². The van der Waals surface area contributed by atoms with E-state index in [-0.39, 0.29) is 0 Å². The van der Waals surface area contributed by atoms with Crippen LogP contribution in [0.15, 0.2) is 0 Å². The molecule has 1 saturated heterocycles. The molecule has 17 heavy (non-hydrogen) atoms. The number of piperidine rings is 1. The van der Waals surface area contributed by atoms with E-state index in [1.807, 2.05) is 0 Å². The third-order valence-electron chi connectivity index (χ3n) is 2.53. The molecule has 0 saturated carbocycles. The number of likely N-dealkylation sites (tertiary alicyclic amines) is 1. The first-order chi connectivity index (χ1) is 7.79. The lowest BCUT2D eigenvalue weighted by Crippen LogP contribution is -2.58. The van der Waals surface area contributed by atoms with Gasteiger partial charge < -0.3 is 9.80 Å². The van der Waals surface area contributed by atoms with E-state index in [1.54, 1.807) is 0 Å². The molecule has 7 heteroatoms. The van der Waals surface area contributed by atoms with Gasteiger partial charge in [0.15, 0.2) is 0 Å². The summed E-state index contributed by atoms with van der Waals surface area (Å²) in [4.78, 5) is 4.87. The maximum Gasteiger partial charge on any atom is 0.0777 e. The Morgan fingerprint density at radius 2 is 1.59 bits per heavy atom. The predicted octanol–water partition coefficient (Wildman–Crippen LogP) is -2.70. The molecule has 104 valence electrons. The summed E-state index contributed by atoms with van der Waals surface area (Å²) in [6.07, 6.45) is 5.61. The fourth-order valence-electron chi connectivity index (χ4n) is 1.79. The van der Waals surface area contributed by atoms with Crippen molar-refractivity contribution < 1.29 is 28.9 Å². The molecular weight excluding hydrogens is 248 g/mol. The van der Waals surface area contributed by atoms with E-state index < -0.39 is 10.2 Å². The van der Waals surface area contributed by atoms with Crippen LogP contribution < -0.4 is 14.0 Å². The largest absolute Gasteiger partial charge is 0.309 e. The van der Waals surface area contributed by atoms with Crippen LogP contribution in [0.1, 0.15) is 25.7 Å². The molecule has 1 heterocycles. The Morgan fingerprint density at radius 3 is 2.00 bits per heavy atom. The average Bonchev–Trinajstić information content (AvgIpc) is 2.16. The van der Waals surface area contributed by atoms with Crippen molar-refractivity contribution in [3.8, 4) is 0 Å². The molecule has 0 aliphatic carbocycles. The maximum atomic E-state index is 8.60. The van der Waals surface area contributed by atoms with Gasteiger partial charge >= 0.3 is 0 Å². The standard InChI is InChI=1S/C10H22N2.ClHO4/c1-11(2)7-6-10-12-8-4-3-5-9-12;2-1(3,4)5/h3-10H2,1-2H3;(H,2,3,4,5). The molecule has 0 aromatic carbocycles. The Bertz CT molecular complexity index is 176. The van der Waals surface area contributed by atoms with Gasteiger partial charge in [0.2, 0.25) is 0 Å². The molecule has 0 spiro atoms. The molecular formula is C10H23ClN2O4. The van der Waals surface area contributed by atoms with Crippen molar-refractivity contribution >= 4 is 0 Å². The molecule has 1 aliphatic heterocycles. The number of nitrogens with zero attached hydrogens (tertiary/aromatic N) is 2. The van der Waals surface area contributed by atoms with Crippen LogP contribution in [0.3, 0.4) is 0 Å². The van der Waals surface area contributed by atoms with Crippen molar-refractivity contribution in [2.45, 2.75) is 25.7 Å². The van der Waals surface area contributed by atoms with Crippen molar-refractivity contribution in [2.75, 3.05) is 40.3 Å². The number of hydrogen-bond donors (Lipinski definition) is 1. The maximum absolute atomic E-state index is 8.60. The highest BCUT2D eigenvalue weighted by atomic mass is 35.7. The molecule has 1 fully saturated rings. The van der Waals surface area contributed by atoms with Crippen LogP contribution in [0.25, 0.3) is 0 Å². The first kappa shape index (κ1) is 17.1. The van der Waals surface area contributed by atoms with Crippen molar-refractivity contribution in [3.63, 3.8) is 0 Å². The van der Waals surface area contributed by atoms with Gasteiger partial charge in [0.1, 0.15) is 0 Å². The molecule has 0 atom stereocenters. The van der Waals surface area contributed by atoms with Gasteiger partial charge in [-0.3, -0.25) is 0 Å². The monoisotopic (exact) mass is 270 g/mol. The Labute approximate surface area is 105 Å². The summed E-state index contributed by atoms with van der Waals surface area (Å²) < 4.78 is 32.7. The van der Waals surface area contributed by atoms with Crippen LogP contribution in [-0.4, -0.2) is 54.7 Å². The normalized spacial score (nSPS) is 17.8. The number of halogens is 1. The van der Waals surface area contributed by atoms with Gasteiger partial charge in [-0.1, -0.05) is 6.42 Å². The SMILES string of the molecule is CN(C)CCCN1CCCCC1.[O-][Cl+3]([O-])([O-])O. The number of rotatable bonds is 4. The Morgan fingerprint density at radius 1 is 1.12 bits per heavy atom. The highest BCUT2D eigenvalue weighted by Gasteiger charge is 2.08. The minimum Gasteiger partial charge on any atom is -0.309 e. The second kappa shape index (κ2) is 9.04.